The van der Waals surface area contributed by atoms with Crippen molar-refractivity contribution in [3.63, 3.8) is 0 Å². The Morgan fingerprint density at radius 2 is 1.90 bits per heavy atom. The Bertz CT molecular complexity index is 755. The van der Waals surface area contributed by atoms with E-state index in [2.05, 4.69) is 30.6 Å². The lowest BCUT2D eigenvalue weighted by molar-refractivity contribution is 1.05. The summed E-state index contributed by atoms with van der Waals surface area (Å²) in [5, 5.41) is 8.18. The van der Waals surface area contributed by atoms with E-state index in [1.54, 1.807) is 19.4 Å². The zero-order valence-electron chi connectivity index (χ0n) is 10.6. The number of benzene rings is 1. The predicted octanol–water partition coefficient (Wildman–Crippen LogP) is 2.86. The van der Waals surface area contributed by atoms with E-state index in [0.29, 0.717) is 11.9 Å². The van der Waals surface area contributed by atoms with Crippen LogP contribution in [0.3, 0.4) is 0 Å². The highest BCUT2D eigenvalue weighted by molar-refractivity contribution is 6.28. The van der Waals surface area contributed by atoms with Crippen molar-refractivity contribution >= 4 is 40.0 Å². The second-order valence-electron chi connectivity index (χ2n) is 4.03. The van der Waals surface area contributed by atoms with Gasteiger partial charge in [0.1, 0.15) is 0 Å². The average molecular weight is 287 g/mol. The molecule has 2 heterocycles. The van der Waals surface area contributed by atoms with Gasteiger partial charge in [0.2, 0.25) is 17.2 Å². The number of hydrogen-bond acceptors (Lipinski definition) is 6. The van der Waals surface area contributed by atoms with Crippen molar-refractivity contribution in [2.45, 2.75) is 0 Å². The molecule has 0 aliphatic rings. The van der Waals surface area contributed by atoms with Crippen LogP contribution >= 0.6 is 11.6 Å². The molecule has 0 atom stereocenters. The monoisotopic (exact) mass is 286 g/mol. The van der Waals surface area contributed by atoms with Crippen LogP contribution in [0.4, 0.5) is 17.6 Å². The molecule has 0 spiro atoms. The van der Waals surface area contributed by atoms with Crippen LogP contribution < -0.4 is 10.6 Å². The van der Waals surface area contributed by atoms with Gasteiger partial charge in [-0.1, -0.05) is 12.1 Å². The number of nitrogens with one attached hydrogen (secondary N) is 2. The number of anilines is 3. The molecule has 3 aromatic rings. The Hall–Kier alpha value is -2.47. The minimum atomic E-state index is 0.133. The predicted molar refractivity (Wildman–Crippen MR) is 79.4 cm³/mol. The van der Waals surface area contributed by atoms with Gasteiger partial charge in [0.05, 0.1) is 0 Å². The number of aromatic nitrogens is 4. The maximum Gasteiger partial charge on any atom is 0.233 e. The zero-order valence-corrected chi connectivity index (χ0v) is 11.4. The van der Waals surface area contributed by atoms with Crippen LogP contribution in [0.25, 0.3) is 10.8 Å². The van der Waals surface area contributed by atoms with Gasteiger partial charge in [-0.15, -0.1) is 0 Å². The standard InChI is InChI=1S/C13H11ClN6/c1-15-12-18-11(14)19-13(20-12)17-10-4-2-3-8-7-16-6-5-9(8)10/h2-7H,1H3,(H2,15,17,18,19,20). The molecule has 3 rings (SSSR count). The molecule has 0 bridgehead atoms. The minimum Gasteiger partial charge on any atom is -0.357 e. The summed E-state index contributed by atoms with van der Waals surface area (Å²) in [7, 11) is 1.72. The maximum atomic E-state index is 5.86. The Morgan fingerprint density at radius 3 is 2.75 bits per heavy atom. The van der Waals surface area contributed by atoms with Crippen molar-refractivity contribution in [3.8, 4) is 0 Å². The van der Waals surface area contributed by atoms with Gasteiger partial charge in [-0.05, 0) is 23.7 Å². The van der Waals surface area contributed by atoms with Crippen molar-refractivity contribution < 1.29 is 0 Å². The van der Waals surface area contributed by atoms with Crippen LogP contribution in [-0.4, -0.2) is 27.0 Å². The third-order valence-corrected chi connectivity index (χ3v) is 2.93. The quantitative estimate of drug-likeness (QED) is 0.771. The van der Waals surface area contributed by atoms with Crippen molar-refractivity contribution in [1.82, 2.24) is 19.9 Å². The number of nitrogens with zero attached hydrogens (tertiary/aromatic N) is 4. The molecule has 0 fully saturated rings. The highest BCUT2D eigenvalue weighted by Crippen LogP contribution is 2.24. The fraction of sp³-hybridized carbons (Fsp3) is 0.0769. The molecule has 2 aromatic heterocycles. The summed E-state index contributed by atoms with van der Waals surface area (Å²) in [5.74, 6) is 0.799. The number of rotatable bonds is 3. The van der Waals surface area contributed by atoms with E-state index in [9.17, 15) is 0 Å². The summed E-state index contributed by atoms with van der Waals surface area (Å²) in [5.41, 5.74) is 0.884. The normalized spacial score (nSPS) is 10.5. The van der Waals surface area contributed by atoms with Crippen molar-refractivity contribution in [3.05, 3.63) is 41.9 Å². The lowest BCUT2D eigenvalue weighted by Crippen LogP contribution is -2.03. The molecule has 0 saturated carbocycles. The topological polar surface area (TPSA) is 75.6 Å². The van der Waals surface area contributed by atoms with Gasteiger partial charge in [0, 0.05) is 35.9 Å². The van der Waals surface area contributed by atoms with Gasteiger partial charge >= 0.3 is 0 Å². The summed E-state index contributed by atoms with van der Waals surface area (Å²) in [6, 6.07) is 7.81. The second kappa shape index (κ2) is 5.26. The van der Waals surface area contributed by atoms with E-state index in [0.717, 1.165) is 16.5 Å². The number of hydrogen-bond donors (Lipinski definition) is 2. The van der Waals surface area contributed by atoms with Crippen molar-refractivity contribution in [2.24, 2.45) is 0 Å². The van der Waals surface area contributed by atoms with Gasteiger partial charge in [-0.3, -0.25) is 4.98 Å². The van der Waals surface area contributed by atoms with E-state index in [1.165, 1.54) is 0 Å². The molecular weight excluding hydrogens is 276 g/mol. The minimum absolute atomic E-state index is 0.133. The molecule has 6 nitrogen and oxygen atoms in total. The van der Waals surface area contributed by atoms with Gasteiger partial charge in [-0.2, -0.15) is 15.0 Å². The van der Waals surface area contributed by atoms with E-state index in [1.807, 2.05) is 24.3 Å². The van der Waals surface area contributed by atoms with Crippen LogP contribution in [0, 0.1) is 0 Å². The first kappa shape index (κ1) is 12.6. The maximum absolute atomic E-state index is 5.86. The third kappa shape index (κ3) is 2.46. The molecular formula is C13H11ClN6. The molecule has 0 amide bonds. The van der Waals surface area contributed by atoms with Crippen LogP contribution in [-0.2, 0) is 0 Å². The smallest absolute Gasteiger partial charge is 0.233 e. The fourth-order valence-electron chi connectivity index (χ4n) is 1.87. The first-order chi connectivity index (χ1) is 9.76. The second-order valence-corrected chi connectivity index (χ2v) is 4.37. The molecule has 0 aliphatic heterocycles. The van der Waals surface area contributed by atoms with E-state index in [4.69, 9.17) is 11.6 Å². The van der Waals surface area contributed by atoms with Crippen molar-refractivity contribution in [1.29, 1.82) is 0 Å². The van der Waals surface area contributed by atoms with E-state index >= 15 is 0 Å². The highest BCUT2D eigenvalue weighted by atomic mass is 35.5. The molecule has 1 aromatic carbocycles. The largest absolute Gasteiger partial charge is 0.357 e. The number of pyridine rings is 1. The fourth-order valence-corrected chi connectivity index (χ4v) is 2.03. The van der Waals surface area contributed by atoms with E-state index in [-0.39, 0.29) is 5.28 Å². The van der Waals surface area contributed by atoms with Gasteiger partial charge in [0.25, 0.3) is 0 Å². The average Bonchev–Trinajstić information content (AvgIpc) is 2.47. The van der Waals surface area contributed by atoms with Gasteiger partial charge in [-0.25, -0.2) is 0 Å². The summed E-state index contributed by atoms with van der Waals surface area (Å²) in [4.78, 5) is 16.3. The number of halogens is 1. The first-order valence-corrected chi connectivity index (χ1v) is 6.33. The Balaban J connectivity index is 2.03. The van der Waals surface area contributed by atoms with Crippen LogP contribution in [0.5, 0.6) is 0 Å². The highest BCUT2D eigenvalue weighted by Gasteiger charge is 2.06. The molecule has 100 valence electrons. The summed E-state index contributed by atoms with van der Waals surface area (Å²) >= 11 is 5.86. The van der Waals surface area contributed by atoms with Crippen LogP contribution in [0.1, 0.15) is 0 Å². The third-order valence-electron chi connectivity index (χ3n) is 2.76. The summed E-state index contributed by atoms with van der Waals surface area (Å²) < 4.78 is 0. The van der Waals surface area contributed by atoms with Gasteiger partial charge < -0.3 is 10.6 Å². The Kier molecular flexibility index (Phi) is 3.30. The lowest BCUT2D eigenvalue weighted by Gasteiger charge is -2.09. The van der Waals surface area contributed by atoms with Gasteiger partial charge in [0.15, 0.2) is 0 Å². The van der Waals surface area contributed by atoms with E-state index < -0.39 is 0 Å². The number of fused-ring (bicyclic) bond motifs is 1. The Morgan fingerprint density at radius 1 is 1.05 bits per heavy atom. The zero-order chi connectivity index (χ0) is 13.9. The molecule has 0 saturated heterocycles. The molecule has 0 unspecified atom stereocenters. The van der Waals surface area contributed by atoms with Crippen molar-refractivity contribution in [2.75, 3.05) is 17.7 Å². The molecule has 0 aliphatic carbocycles. The van der Waals surface area contributed by atoms with Crippen LogP contribution in [0.2, 0.25) is 5.28 Å². The first-order valence-electron chi connectivity index (χ1n) is 5.95. The molecule has 7 heteroatoms. The Labute approximate surface area is 120 Å². The molecule has 0 radical (unpaired) electrons. The van der Waals surface area contributed by atoms with Crippen LogP contribution in [0.15, 0.2) is 36.7 Å². The SMILES string of the molecule is CNc1nc(Cl)nc(Nc2cccc3cnccc23)n1. The molecule has 20 heavy (non-hydrogen) atoms. The summed E-state index contributed by atoms with van der Waals surface area (Å²) in [6.45, 7) is 0. The molecule has 2 N–H and O–H groups in total. The summed E-state index contributed by atoms with van der Waals surface area (Å²) in [6.07, 6.45) is 3.55. The lowest BCUT2D eigenvalue weighted by atomic mass is 10.1.